The fraction of sp³-hybridized carbons (Fsp3) is 0.111. The van der Waals surface area contributed by atoms with E-state index in [1.54, 1.807) is 30.3 Å². The Bertz CT molecular complexity index is 916. The molecule has 1 heterocycles. The van der Waals surface area contributed by atoms with Gasteiger partial charge in [0.1, 0.15) is 10.8 Å². The smallest absolute Gasteiger partial charge is 0.234 e. The number of nitrogens with one attached hydrogen (secondary N) is 1. The number of thiazole rings is 1. The maximum Gasteiger partial charge on any atom is 0.234 e. The number of nitrogens with zero attached hydrogens (tertiary/aromatic N) is 1. The minimum absolute atomic E-state index is 0.159. The molecule has 134 valence electrons. The third-order valence-electron chi connectivity index (χ3n) is 3.35. The van der Waals surface area contributed by atoms with Crippen LogP contribution >= 0.6 is 46.3 Å². The molecule has 0 radical (unpaired) electrons. The molecular weight excluding hydrogens is 414 g/mol. The monoisotopic (exact) mass is 426 g/mol. The minimum Gasteiger partial charge on any atom is -0.324 e. The summed E-state index contributed by atoms with van der Waals surface area (Å²) in [6.07, 6.45) is 0. The van der Waals surface area contributed by atoms with Crippen LogP contribution in [0.2, 0.25) is 10.0 Å². The fourth-order valence-corrected chi connectivity index (χ4v) is 4.13. The van der Waals surface area contributed by atoms with E-state index in [4.69, 9.17) is 23.2 Å². The largest absolute Gasteiger partial charge is 0.324 e. The third-order valence-corrected chi connectivity index (χ3v) is 6.08. The number of thioether (sulfide) groups is 1. The highest BCUT2D eigenvalue weighted by molar-refractivity contribution is 7.99. The van der Waals surface area contributed by atoms with E-state index < -0.39 is 0 Å². The molecule has 0 saturated carbocycles. The normalized spacial score (nSPS) is 10.7. The molecular formula is C18H13Cl2FN2OS2. The van der Waals surface area contributed by atoms with Gasteiger partial charge < -0.3 is 5.32 Å². The van der Waals surface area contributed by atoms with Crippen LogP contribution in [-0.2, 0) is 10.5 Å². The van der Waals surface area contributed by atoms with Crippen molar-refractivity contribution >= 4 is 57.9 Å². The molecule has 1 aromatic heterocycles. The molecule has 0 saturated heterocycles. The molecule has 3 nitrogen and oxygen atoms in total. The van der Waals surface area contributed by atoms with Crippen LogP contribution in [0.3, 0.4) is 0 Å². The van der Waals surface area contributed by atoms with E-state index in [0.29, 0.717) is 21.5 Å². The molecule has 0 aliphatic rings. The summed E-state index contributed by atoms with van der Waals surface area (Å²) in [5.41, 5.74) is 2.26. The summed E-state index contributed by atoms with van der Waals surface area (Å²) in [5, 5.41) is 6.24. The zero-order chi connectivity index (χ0) is 18.5. The second kappa shape index (κ2) is 8.86. The predicted molar refractivity (Wildman–Crippen MR) is 109 cm³/mol. The summed E-state index contributed by atoms with van der Waals surface area (Å²) in [6, 6.07) is 11.3. The van der Waals surface area contributed by atoms with Crippen molar-refractivity contribution in [3.05, 3.63) is 69.4 Å². The van der Waals surface area contributed by atoms with Gasteiger partial charge in [-0.25, -0.2) is 9.37 Å². The molecule has 0 aliphatic carbocycles. The summed E-state index contributed by atoms with van der Waals surface area (Å²) < 4.78 is 13.0. The summed E-state index contributed by atoms with van der Waals surface area (Å²) in [5.74, 6) is 0.445. The number of carbonyl (C=O) groups is 1. The van der Waals surface area contributed by atoms with Gasteiger partial charge >= 0.3 is 0 Å². The summed E-state index contributed by atoms with van der Waals surface area (Å²) >= 11 is 14.9. The molecule has 0 spiro atoms. The van der Waals surface area contributed by atoms with Crippen LogP contribution in [0.1, 0.15) is 5.69 Å². The van der Waals surface area contributed by atoms with Crippen LogP contribution in [0, 0.1) is 5.82 Å². The molecule has 0 aliphatic heterocycles. The van der Waals surface area contributed by atoms with E-state index in [-0.39, 0.29) is 17.5 Å². The topological polar surface area (TPSA) is 42.0 Å². The zero-order valence-electron chi connectivity index (χ0n) is 13.3. The Morgan fingerprint density at radius 3 is 2.73 bits per heavy atom. The van der Waals surface area contributed by atoms with Crippen molar-refractivity contribution in [1.82, 2.24) is 4.98 Å². The number of anilines is 1. The van der Waals surface area contributed by atoms with Gasteiger partial charge in [-0.1, -0.05) is 29.3 Å². The molecule has 2 aromatic carbocycles. The number of rotatable bonds is 6. The molecule has 0 bridgehead atoms. The molecule has 8 heteroatoms. The van der Waals surface area contributed by atoms with Gasteiger partial charge in [-0.2, -0.15) is 0 Å². The quantitative estimate of drug-likeness (QED) is 0.515. The van der Waals surface area contributed by atoms with Crippen molar-refractivity contribution < 1.29 is 9.18 Å². The van der Waals surface area contributed by atoms with Gasteiger partial charge in [0.2, 0.25) is 5.91 Å². The molecule has 3 rings (SSSR count). The van der Waals surface area contributed by atoms with E-state index >= 15 is 0 Å². The minimum atomic E-state index is -0.271. The maximum atomic E-state index is 13.0. The van der Waals surface area contributed by atoms with Gasteiger partial charge in [0.05, 0.1) is 27.2 Å². The second-order valence-electron chi connectivity index (χ2n) is 5.29. The Morgan fingerprint density at radius 2 is 1.96 bits per heavy atom. The average molecular weight is 427 g/mol. The van der Waals surface area contributed by atoms with Crippen LogP contribution in [0.15, 0.2) is 47.8 Å². The van der Waals surface area contributed by atoms with Gasteiger partial charge in [0, 0.05) is 16.7 Å². The number of amides is 1. The van der Waals surface area contributed by atoms with Gasteiger partial charge in [-0.15, -0.1) is 23.1 Å². The number of halogens is 3. The van der Waals surface area contributed by atoms with Crippen LogP contribution < -0.4 is 5.32 Å². The molecule has 26 heavy (non-hydrogen) atoms. The average Bonchev–Trinajstić information content (AvgIpc) is 3.08. The number of aromatic nitrogens is 1. The Labute approximate surface area is 168 Å². The van der Waals surface area contributed by atoms with E-state index in [2.05, 4.69) is 10.3 Å². The number of hydrogen-bond acceptors (Lipinski definition) is 4. The van der Waals surface area contributed by atoms with Gasteiger partial charge in [-0.3, -0.25) is 4.79 Å². The highest BCUT2D eigenvalue weighted by Crippen LogP contribution is 2.30. The lowest BCUT2D eigenvalue weighted by atomic mass is 10.2. The lowest BCUT2D eigenvalue weighted by Gasteiger charge is -2.07. The molecule has 3 aromatic rings. The first-order chi connectivity index (χ1) is 12.5. The summed E-state index contributed by atoms with van der Waals surface area (Å²) in [4.78, 5) is 16.6. The first-order valence-corrected chi connectivity index (χ1v) is 10.3. The third kappa shape index (κ3) is 4.98. The Hall–Kier alpha value is -1.60. The predicted octanol–water partition coefficient (Wildman–Crippen LogP) is 6.13. The van der Waals surface area contributed by atoms with Crippen molar-refractivity contribution in [3.63, 3.8) is 0 Å². The van der Waals surface area contributed by atoms with Gasteiger partial charge in [0.15, 0.2) is 0 Å². The van der Waals surface area contributed by atoms with Crippen molar-refractivity contribution in [2.75, 3.05) is 11.1 Å². The SMILES string of the molecule is O=C(CSCc1csc(-c2ccc(F)cc2)n1)Nc1cccc(Cl)c1Cl. The van der Waals surface area contributed by atoms with Crippen molar-refractivity contribution in [2.24, 2.45) is 0 Å². The second-order valence-corrected chi connectivity index (χ2v) is 7.92. The fourth-order valence-electron chi connectivity index (χ4n) is 2.13. The molecule has 0 atom stereocenters. The zero-order valence-corrected chi connectivity index (χ0v) is 16.5. The van der Waals surface area contributed by atoms with Crippen molar-refractivity contribution in [3.8, 4) is 10.6 Å². The standard InChI is InChI=1S/C18H13Cl2FN2OS2/c19-14-2-1-3-15(17(14)20)23-16(24)10-25-8-13-9-26-18(22-13)11-4-6-12(21)7-5-11/h1-7,9H,8,10H2,(H,23,24). The van der Waals surface area contributed by atoms with Crippen LogP contribution in [0.4, 0.5) is 10.1 Å². The van der Waals surface area contributed by atoms with Crippen molar-refractivity contribution in [1.29, 1.82) is 0 Å². The lowest BCUT2D eigenvalue weighted by Crippen LogP contribution is -2.14. The number of carbonyl (C=O) groups excluding carboxylic acids is 1. The number of hydrogen-bond donors (Lipinski definition) is 1. The van der Waals surface area contributed by atoms with E-state index in [0.717, 1.165) is 16.3 Å². The Kier molecular flexibility index (Phi) is 6.53. The number of benzene rings is 2. The highest BCUT2D eigenvalue weighted by atomic mass is 35.5. The molecule has 0 unspecified atom stereocenters. The van der Waals surface area contributed by atoms with Gasteiger partial charge in [0.25, 0.3) is 0 Å². The lowest BCUT2D eigenvalue weighted by molar-refractivity contribution is -0.113. The summed E-state index contributed by atoms with van der Waals surface area (Å²) in [6.45, 7) is 0. The van der Waals surface area contributed by atoms with Crippen LogP contribution in [0.5, 0.6) is 0 Å². The highest BCUT2D eigenvalue weighted by Gasteiger charge is 2.10. The first kappa shape index (κ1) is 19.2. The first-order valence-electron chi connectivity index (χ1n) is 7.55. The molecule has 0 fully saturated rings. The maximum absolute atomic E-state index is 13.0. The van der Waals surface area contributed by atoms with E-state index in [9.17, 15) is 9.18 Å². The molecule has 1 N–H and O–H groups in total. The van der Waals surface area contributed by atoms with Gasteiger partial charge in [-0.05, 0) is 36.4 Å². The van der Waals surface area contributed by atoms with Crippen LogP contribution in [-0.4, -0.2) is 16.6 Å². The van der Waals surface area contributed by atoms with Crippen molar-refractivity contribution in [2.45, 2.75) is 5.75 Å². The van der Waals surface area contributed by atoms with E-state index in [1.165, 1.54) is 35.2 Å². The Balaban J connectivity index is 1.51. The van der Waals surface area contributed by atoms with E-state index in [1.807, 2.05) is 5.38 Å². The van der Waals surface area contributed by atoms with Crippen LogP contribution in [0.25, 0.3) is 10.6 Å². The Morgan fingerprint density at radius 1 is 1.19 bits per heavy atom. The molecule has 1 amide bonds. The summed E-state index contributed by atoms with van der Waals surface area (Å²) in [7, 11) is 0.